The Bertz CT molecular complexity index is 595. The van der Waals surface area contributed by atoms with Gasteiger partial charge in [-0.1, -0.05) is 26.0 Å². The third kappa shape index (κ3) is 3.29. The Balaban J connectivity index is 2.21. The Hall–Kier alpha value is -2.03. The lowest BCUT2D eigenvalue weighted by Crippen LogP contribution is -2.07. The molecule has 0 heterocycles. The van der Waals surface area contributed by atoms with Crippen molar-refractivity contribution in [2.75, 3.05) is 5.32 Å². The van der Waals surface area contributed by atoms with E-state index in [0.29, 0.717) is 11.5 Å². The highest BCUT2D eigenvalue weighted by Crippen LogP contribution is 2.28. The number of anilines is 1. The van der Waals surface area contributed by atoms with Gasteiger partial charge in [-0.15, -0.1) is 0 Å². The fourth-order valence-corrected chi connectivity index (χ4v) is 2.19. The fourth-order valence-electron chi connectivity index (χ4n) is 2.19. The van der Waals surface area contributed by atoms with E-state index in [-0.39, 0.29) is 17.6 Å². The Morgan fingerprint density at radius 1 is 1.05 bits per heavy atom. The molecule has 0 aliphatic rings. The molecule has 20 heavy (non-hydrogen) atoms. The second-order valence-electron chi connectivity index (χ2n) is 5.35. The summed E-state index contributed by atoms with van der Waals surface area (Å²) in [6.45, 7) is 6.18. The number of nitrogens with one attached hydrogen (secondary N) is 1. The van der Waals surface area contributed by atoms with E-state index in [1.807, 2.05) is 19.1 Å². The van der Waals surface area contributed by atoms with Gasteiger partial charge in [-0.3, -0.25) is 0 Å². The maximum Gasteiger partial charge on any atom is 0.123 e. The summed E-state index contributed by atoms with van der Waals surface area (Å²) < 4.78 is 13.3. The highest BCUT2D eigenvalue weighted by Gasteiger charge is 2.12. The average Bonchev–Trinajstić information content (AvgIpc) is 2.41. The summed E-state index contributed by atoms with van der Waals surface area (Å²) in [5, 5.41) is 13.1. The SMILES string of the molecule is CC(C)c1cccc(NC(C)c2cc(F)ccc2O)c1. The second-order valence-corrected chi connectivity index (χ2v) is 5.35. The van der Waals surface area contributed by atoms with Crippen molar-refractivity contribution in [3.8, 4) is 5.75 Å². The van der Waals surface area contributed by atoms with E-state index in [1.54, 1.807) is 0 Å². The first-order valence-corrected chi connectivity index (χ1v) is 6.82. The summed E-state index contributed by atoms with van der Waals surface area (Å²) in [4.78, 5) is 0. The topological polar surface area (TPSA) is 32.3 Å². The van der Waals surface area contributed by atoms with Gasteiger partial charge in [0.25, 0.3) is 0 Å². The van der Waals surface area contributed by atoms with Gasteiger partial charge in [-0.2, -0.15) is 0 Å². The average molecular weight is 273 g/mol. The molecule has 1 unspecified atom stereocenters. The van der Waals surface area contributed by atoms with Crippen LogP contribution in [0.15, 0.2) is 42.5 Å². The lowest BCUT2D eigenvalue weighted by Gasteiger charge is -2.18. The zero-order chi connectivity index (χ0) is 14.7. The minimum atomic E-state index is -0.345. The van der Waals surface area contributed by atoms with Crippen LogP contribution in [0.1, 0.15) is 43.9 Å². The van der Waals surface area contributed by atoms with Crippen molar-refractivity contribution in [3.05, 3.63) is 59.4 Å². The molecule has 0 fully saturated rings. The molecule has 0 aliphatic carbocycles. The molecule has 0 saturated heterocycles. The van der Waals surface area contributed by atoms with Crippen molar-refractivity contribution in [1.82, 2.24) is 0 Å². The Morgan fingerprint density at radius 3 is 2.50 bits per heavy atom. The van der Waals surface area contributed by atoms with Crippen molar-refractivity contribution >= 4 is 5.69 Å². The van der Waals surface area contributed by atoms with Crippen LogP contribution < -0.4 is 5.32 Å². The van der Waals surface area contributed by atoms with E-state index < -0.39 is 0 Å². The summed E-state index contributed by atoms with van der Waals surface area (Å²) in [5.74, 6) is 0.212. The van der Waals surface area contributed by atoms with Crippen LogP contribution >= 0.6 is 0 Å². The standard InChI is InChI=1S/C17H20FNO/c1-11(2)13-5-4-6-15(9-13)19-12(3)16-10-14(18)7-8-17(16)20/h4-12,19-20H,1-3H3. The quantitative estimate of drug-likeness (QED) is 0.836. The van der Waals surface area contributed by atoms with Gasteiger partial charge in [-0.05, 0) is 48.7 Å². The molecule has 0 bridgehead atoms. The monoisotopic (exact) mass is 273 g/mol. The van der Waals surface area contributed by atoms with Crippen LogP contribution in [0.25, 0.3) is 0 Å². The molecule has 2 nitrogen and oxygen atoms in total. The second kappa shape index (κ2) is 5.95. The molecule has 0 spiro atoms. The van der Waals surface area contributed by atoms with Crippen molar-refractivity contribution < 1.29 is 9.50 Å². The molecule has 2 rings (SSSR count). The molecule has 0 saturated carbocycles. The molecule has 2 aromatic carbocycles. The molecular formula is C17H20FNO. The number of phenolic OH excluding ortho intramolecular Hbond substituents is 1. The van der Waals surface area contributed by atoms with Crippen molar-refractivity contribution in [1.29, 1.82) is 0 Å². The summed E-state index contributed by atoms with van der Waals surface area (Å²) in [5.41, 5.74) is 2.76. The minimum Gasteiger partial charge on any atom is -0.508 e. The van der Waals surface area contributed by atoms with Gasteiger partial charge in [0.05, 0.1) is 6.04 Å². The first kappa shape index (κ1) is 14.4. The zero-order valence-corrected chi connectivity index (χ0v) is 12.0. The molecule has 3 heteroatoms. The van der Waals surface area contributed by atoms with E-state index in [4.69, 9.17) is 0 Å². The lowest BCUT2D eigenvalue weighted by molar-refractivity contribution is 0.462. The van der Waals surface area contributed by atoms with Gasteiger partial charge in [0.1, 0.15) is 11.6 Å². The van der Waals surface area contributed by atoms with Crippen LogP contribution in [0, 0.1) is 5.82 Å². The van der Waals surface area contributed by atoms with E-state index in [9.17, 15) is 9.50 Å². The van der Waals surface area contributed by atoms with E-state index in [2.05, 4.69) is 31.3 Å². The highest BCUT2D eigenvalue weighted by molar-refractivity contribution is 5.49. The maximum absolute atomic E-state index is 13.3. The number of halogens is 1. The van der Waals surface area contributed by atoms with E-state index in [0.717, 1.165) is 5.69 Å². The van der Waals surface area contributed by atoms with Crippen LogP contribution in [0.3, 0.4) is 0 Å². The number of benzene rings is 2. The molecule has 1 atom stereocenters. The van der Waals surface area contributed by atoms with E-state index >= 15 is 0 Å². The molecule has 0 aliphatic heterocycles. The van der Waals surface area contributed by atoms with Gasteiger partial charge < -0.3 is 10.4 Å². The first-order valence-electron chi connectivity index (χ1n) is 6.82. The summed E-state index contributed by atoms with van der Waals surface area (Å²) in [6, 6.07) is 12.0. The minimum absolute atomic E-state index is 0.103. The van der Waals surface area contributed by atoms with Crippen LogP contribution in [-0.2, 0) is 0 Å². The Labute approximate surface area is 119 Å². The third-order valence-electron chi connectivity index (χ3n) is 3.39. The summed E-state index contributed by atoms with van der Waals surface area (Å²) in [6.07, 6.45) is 0. The Morgan fingerprint density at radius 2 is 1.80 bits per heavy atom. The van der Waals surface area contributed by atoms with E-state index in [1.165, 1.54) is 23.8 Å². The number of hydrogen-bond donors (Lipinski definition) is 2. The molecule has 0 radical (unpaired) electrons. The largest absolute Gasteiger partial charge is 0.508 e. The molecule has 0 aromatic heterocycles. The number of aromatic hydroxyl groups is 1. The molecule has 2 N–H and O–H groups in total. The molecule has 0 amide bonds. The summed E-state index contributed by atoms with van der Waals surface area (Å²) >= 11 is 0. The third-order valence-corrected chi connectivity index (χ3v) is 3.39. The van der Waals surface area contributed by atoms with Crippen LogP contribution in [0.2, 0.25) is 0 Å². The van der Waals surface area contributed by atoms with Crippen molar-refractivity contribution in [3.63, 3.8) is 0 Å². The normalized spacial score (nSPS) is 12.4. The molecule has 2 aromatic rings. The molecule has 106 valence electrons. The number of rotatable bonds is 4. The van der Waals surface area contributed by atoms with Crippen LogP contribution in [-0.4, -0.2) is 5.11 Å². The van der Waals surface area contributed by atoms with Gasteiger partial charge in [0, 0.05) is 11.3 Å². The van der Waals surface area contributed by atoms with Gasteiger partial charge in [0.15, 0.2) is 0 Å². The zero-order valence-electron chi connectivity index (χ0n) is 12.0. The van der Waals surface area contributed by atoms with Crippen LogP contribution in [0.5, 0.6) is 5.75 Å². The van der Waals surface area contributed by atoms with Crippen molar-refractivity contribution in [2.45, 2.75) is 32.7 Å². The Kier molecular flexibility index (Phi) is 4.28. The van der Waals surface area contributed by atoms with Crippen molar-refractivity contribution in [2.24, 2.45) is 0 Å². The van der Waals surface area contributed by atoms with Crippen LogP contribution in [0.4, 0.5) is 10.1 Å². The lowest BCUT2D eigenvalue weighted by atomic mass is 10.0. The number of hydrogen-bond acceptors (Lipinski definition) is 2. The first-order chi connectivity index (χ1) is 9.47. The van der Waals surface area contributed by atoms with Gasteiger partial charge in [0.2, 0.25) is 0 Å². The van der Waals surface area contributed by atoms with Gasteiger partial charge in [-0.25, -0.2) is 4.39 Å². The predicted molar refractivity (Wildman–Crippen MR) is 80.6 cm³/mol. The predicted octanol–water partition coefficient (Wildman–Crippen LogP) is 4.83. The number of phenols is 1. The van der Waals surface area contributed by atoms with Gasteiger partial charge >= 0.3 is 0 Å². The fraction of sp³-hybridized carbons (Fsp3) is 0.294. The maximum atomic E-state index is 13.3. The highest BCUT2D eigenvalue weighted by atomic mass is 19.1. The summed E-state index contributed by atoms with van der Waals surface area (Å²) in [7, 11) is 0. The molecular weight excluding hydrogens is 253 g/mol. The smallest absolute Gasteiger partial charge is 0.123 e.